The van der Waals surface area contributed by atoms with Gasteiger partial charge in [-0.1, -0.05) is 53.6 Å². The van der Waals surface area contributed by atoms with Gasteiger partial charge in [0.2, 0.25) is 5.91 Å². The molecular formula is C25H31ClN2O. The highest BCUT2D eigenvalue weighted by Crippen LogP contribution is 2.42. The standard InChI is InChI=1S/C25H31ClN2O/c1-19-4-6-20(7-5-19)16-27-14-12-25(13-15-27)17-28(18-25)23(29)24(2,3)21-8-10-22(26)11-9-21/h4-11H,12-18H2,1-3H3. The molecule has 2 aromatic rings. The van der Waals surface area contributed by atoms with Crippen LogP contribution >= 0.6 is 11.6 Å². The number of aryl methyl sites for hydroxylation is 1. The van der Waals surface area contributed by atoms with E-state index < -0.39 is 5.41 Å². The number of benzene rings is 2. The maximum absolute atomic E-state index is 13.2. The number of amides is 1. The average Bonchev–Trinajstić information content (AvgIpc) is 2.68. The summed E-state index contributed by atoms with van der Waals surface area (Å²) in [5.74, 6) is 0.229. The summed E-state index contributed by atoms with van der Waals surface area (Å²) >= 11 is 6.01. The van der Waals surface area contributed by atoms with Crippen LogP contribution in [0.25, 0.3) is 0 Å². The van der Waals surface area contributed by atoms with Crippen LogP contribution in [0, 0.1) is 12.3 Å². The number of rotatable bonds is 4. The van der Waals surface area contributed by atoms with Crippen molar-refractivity contribution >= 4 is 17.5 Å². The maximum Gasteiger partial charge on any atom is 0.232 e. The van der Waals surface area contributed by atoms with Crippen molar-refractivity contribution < 1.29 is 4.79 Å². The van der Waals surface area contributed by atoms with Crippen LogP contribution in [0.15, 0.2) is 48.5 Å². The molecule has 0 radical (unpaired) electrons. The Balaban J connectivity index is 1.31. The average molecular weight is 411 g/mol. The molecule has 1 spiro atoms. The van der Waals surface area contributed by atoms with E-state index in [-0.39, 0.29) is 5.91 Å². The number of hydrogen-bond acceptors (Lipinski definition) is 2. The molecule has 0 bridgehead atoms. The van der Waals surface area contributed by atoms with E-state index in [1.807, 2.05) is 38.1 Å². The van der Waals surface area contributed by atoms with Crippen molar-refractivity contribution in [1.82, 2.24) is 9.80 Å². The van der Waals surface area contributed by atoms with Gasteiger partial charge in [-0.2, -0.15) is 0 Å². The van der Waals surface area contributed by atoms with E-state index >= 15 is 0 Å². The highest BCUT2D eigenvalue weighted by atomic mass is 35.5. The zero-order valence-corrected chi connectivity index (χ0v) is 18.5. The van der Waals surface area contributed by atoms with E-state index in [2.05, 4.69) is 41.0 Å². The van der Waals surface area contributed by atoms with Crippen LogP contribution in [0.1, 0.15) is 43.4 Å². The largest absolute Gasteiger partial charge is 0.341 e. The van der Waals surface area contributed by atoms with E-state index in [9.17, 15) is 4.79 Å². The van der Waals surface area contributed by atoms with Crippen LogP contribution in [0.3, 0.4) is 0 Å². The Hall–Kier alpha value is -1.84. The van der Waals surface area contributed by atoms with Gasteiger partial charge < -0.3 is 4.90 Å². The Morgan fingerprint density at radius 2 is 1.59 bits per heavy atom. The first-order chi connectivity index (χ1) is 13.8. The molecule has 0 saturated carbocycles. The Kier molecular flexibility index (Phi) is 5.48. The first kappa shape index (κ1) is 20.4. The van der Waals surface area contributed by atoms with Crippen molar-refractivity contribution in [3.8, 4) is 0 Å². The van der Waals surface area contributed by atoms with Crippen molar-refractivity contribution in [3.05, 3.63) is 70.2 Å². The van der Waals surface area contributed by atoms with Gasteiger partial charge in [0.15, 0.2) is 0 Å². The predicted octanol–water partition coefficient (Wildman–Crippen LogP) is 5.05. The Labute approximate surface area is 179 Å². The molecule has 4 rings (SSSR count). The van der Waals surface area contributed by atoms with Crippen molar-refractivity contribution in [2.24, 2.45) is 5.41 Å². The quantitative estimate of drug-likeness (QED) is 0.704. The van der Waals surface area contributed by atoms with Gasteiger partial charge in [-0.25, -0.2) is 0 Å². The monoisotopic (exact) mass is 410 g/mol. The summed E-state index contributed by atoms with van der Waals surface area (Å²) in [7, 11) is 0. The van der Waals surface area contributed by atoms with Gasteiger partial charge in [0.1, 0.15) is 0 Å². The summed E-state index contributed by atoms with van der Waals surface area (Å²) in [6.45, 7) is 11.3. The Bertz CT molecular complexity index is 857. The van der Waals surface area contributed by atoms with Crippen molar-refractivity contribution in [3.63, 3.8) is 0 Å². The molecule has 0 unspecified atom stereocenters. The number of likely N-dealkylation sites (tertiary alicyclic amines) is 2. The van der Waals surface area contributed by atoms with Gasteiger partial charge in [0.25, 0.3) is 0 Å². The van der Waals surface area contributed by atoms with Crippen LogP contribution in [-0.2, 0) is 16.8 Å². The number of piperidine rings is 1. The molecule has 2 heterocycles. The minimum absolute atomic E-state index is 0.229. The molecule has 154 valence electrons. The molecule has 3 nitrogen and oxygen atoms in total. The zero-order chi connectivity index (χ0) is 20.6. The SMILES string of the molecule is Cc1ccc(CN2CCC3(CC2)CN(C(=O)C(C)(C)c2ccc(Cl)cc2)C3)cc1. The topological polar surface area (TPSA) is 23.6 Å². The lowest BCUT2D eigenvalue weighted by molar-refractivity contribution is -0.152. The number of carbonyl (C=O) groups is 1. The van der Waals surface area contributed by atoms with Gasteiger partial charge in [0.05, 0.1) is 5.41 Å². The van der Waals surface area contributed by atoms with Gasteiger partial charge in [-0.15, -0.1) is 0 Å². The minimum atomic E-state index is -0.516. The molecule has 0 aromatic heterocycles. The lowest BCUT2D eigenvalue weighted by Gasteiger charge is -2.55. The van der Waals surface area contributed by atoms with Crippen LogP contribution in [0.5, 0.6) is 0 Å². The molecular weight excluding hydrogens is 380 g/mol. The fourth-order valence-electron chi connectivity index (χ4n) is 4.75. The van der Waals surface area contributed by atoms with E-state index in [1.54, 1.807) is 0 Å². The molecule has 0 aliphatic carbocycles. The Morgan fingerprint density at radius 1 is 1.00 bits per heavy atom. The fraction of sp³-hybridized carbons (Fsp3) is 0.480. The number of halogens is 1. The maximum atomic E-state index is 13.2. The molecule has 2 saturated heterocycles. The van der Waals surface area contributed by atoms with Crippen molar-refractivity contribution in [2.45, 2.75) is 45.6 Å². The molecule has 29 heavy (non-hydrogen) atoms. The van der Waals surface area contributed by atoms with Crippen molar-refractivity contribution in [2.75, 3.05) is 26.2 Å². The molecule has 2 aromatic carbocycles. The summed E-state index contributed by atoms with van der Waals surface area (Å²) in [6, 6.07) is 16.5. The fourth-order valence-corrected chi connectivity index (χ4v) is 4.87. The van der Waals surface area contributed by atoms with E-state index in [1.165, 1.54) is 24.0 Å². The molecule has 2 fully saturated rings. The van der Waals surface area contributed by atoms with Crippen LogP contribution in [0.2, 0.25) is 5.02 Å². The van der Waals surface area contributed by atoms with Gasteiger partial charge in [-0.3, -0.25) is 9.69 Å². The summed E-state index contributed by atoms with van der Waals surface area (Å²) < 4.78 is 0. The molecule has 0 atom stereocenters. The zero-order valence-electron chi connectivity index (χ0n) is 17.7. The van der Waals surface area contributed by atoms with Crippen LogP contribution in [0.4, 0.5) is 0 Å². The van der Waals surface area contributed by atoms with Gasteiger partial charge in [0, 0.05) is 30.1 Å². The van der Waals surface area contributed by atoms with Crippen LogP contribution in [-0.4, -0.2) is 41.9 Å². The summed E-state index contributed by atoms with van der Waals surface area (Å²) in [5.41, 5.74) is 3.54. The van der Waals surface area contributed by atoms with Crippen LogP contribution < -0.4 is 0 Å². The normalized spacial score (nSPS) is 19.2. The molecule has 4 heteroatoms. The first-order valence-electron chi connectivity index (χ1n) is 10.6. The summed E-state index contributed by atoms with van der Waals surface area (Å²) in [5, 5.41) is 0.706. The molecule has 2 aliphatic rings. The second kappa shape index (κ2) is 7.77. The Morgan fingerprint density at radius 3 is 2.17 bits per heavy atom. The first-order valence-corrected chi connectivity index (χ1v) is 11.0. The van der Waals surface area contributed by atoms with Gasteiger partial charge >= 0.3 is 0 Å². The predicted molar refractivity (Wildman–Crippen MR) is 119 cm³/mol. The highest BCUT2D eigenvalue weighted by molar-refractivity contribution is 6.30. The number of carbonyl (C=O) groups excluding carboxylic acids is 1. The van der Waals surface area contributed by atoms with Crippen molar-refractivity contribution in [1.29, 1.82) is 0 Å². The van der Waals surface area contributed by atoms with E-state index in [0.29, 0.717) is 10.4 Å². The molecule has 2 aliphatic heterocycles. The van der Waals surface area contributed by atoms with E-state index in [4.69, 9.17) is 11.6 Å². The lowest BCUT2D eigenvalue weighted by atomic mass is 9.70. The summed E-state index contributed by atoms with van der Waals surface area (Å²) in [4.78, 5) is 17.8. The summed E-state index contributed by atoms with van der Waals surface area (Å²) in [6.07, 6.45) is 2.37. The number of hydrogen-bond donors (Lipinski definition) is 0. The minimum Gasteiger partial charge on any atom is -0.341 e. The van der Waals surface area contributed by atoms with Gasteiger partial charge in [-0.05, 0) is 70.0 Å². The smallest absolute Gasteiger partial charge is 0.232 e. The molecule has 1 amide bonds. The van der Waals surface area contributed by atoms with E-state index in [0.717, 1.165) is 38.3 Å². The second-order valence-corrected chi connectivity index (χ2v) is 9.99. The highest BCUT2D eigenvalue weighted by Gasteiger charge is 2.49. The third-order valence-corrected chi connectivity index (χ3v) is 7.14. The number of nitrogens with zero attached hydrogens (tertiary/aromatic N) is 2. The third-order valence-electron chi connectivity index (χ3n) is 6.88. The molecule has 0 N–H and O–H groups in total. The third kappa shape index (κ3) is 4.22. The lowest BCUT2D eigenvalue weighted by Crippen LogP contribution is -2.64. The second-order valence-electron chi connectivity index (χ2n) is 9.55.